The molecule has 10 aliphatic rings. The second kappa shape index (κ2) is 38.3. The summed E-state index contributed by atoms with van der Waals surface area (Å²) in [6.07, 6.45) is 19.6. The van der Waals surface area contributed by atoms with E-state index >= 15 is 0 Å². The van der Waals surface area contributed by atoms with E-state index in [1.165, 1.54) is 57.3 Å². The van der Waals surface area contributed by atoms with Crippen LogP contribution in [0.15, 0.2) is 140 Å². The number of imidazole rings is 1. The van der Waals surface area contributed by atoms with Crippen molar-refractivity contribution in [1.82, 2.24) is 49.3 Å². The van der Waals surface area contributed by atoms with Crippen LogP contribution < -0.4 is 15.1 Å². The number of ether oxygens (including phenoxy) is 4. The van der Waals surface area contributed by atoms with Gasteiger partial charge in [-0.05, 0) is 118 Å². The number of Topliss-reactive ketones (excluding diaryl/α,β-unsaturated/α-hetero) is 1. The molecule has 1 amide bonds. The van der Waals surface area contributed by atoms with Gasteiger partial charge >= 0.3 is 12.2 Å². The van der Waals surface area contributed by atoms with Crippen LogP contribution in [0.1, 0.15) is 122 Å². The SMILES string of the molecule is C[Si](C)(C)OC1=C(O[Si](C)(C)C)CC1.Cl.Cn1cc(C2=Cc3c(N4CCN(C(=O)OC5CCC5(F)F)CC4)ccnc3C2)cn1.Cn1cc(C2=Cc3c(N4CCNCC4)ccnc3C2)cn1.FC1(F)CCC1OCc1ccccc1.O=C(OC1CCC1(F)F)n1ccnc1.O=C1CCC1OCc1ccccc1.OC1CCC1(F)F. The number of piperazine rings is 2. The van der Waals surface area contributed by atoms with Crippen LogP contribution in [0.25, 0.3) is 23.3 Å². The van der Waals surface area contributed by atoms with E-state index in [2.05, 4.69) is 109 Å². The Hall–Kier alpha value is -8.80. The number of anilines is 2. The highest BCUT2D eigenvalue weighted by Crippen LogP contribution is 2.44. The Morgan fingerprint density at radius 3 is 1.35 bits per heavy atom. The fraction of sp³-hybridized carbons (Fsp3) is 0.506. The van der Waals surface area contributed by atoms with Gasteiger partial charge in [-0.2, -0.15) is 10.2 Å². The van der Waals surface area contributed by atoms with Crippen LogP contribution >= 0.6 is 12.4 Å². The molecule has 2 N–H and O–H groups in total. The van der Waals surface area contributed by atoms with Crippen LogP contribution in [0.5, 0.6) is 0 Å². The van der Waals surface area contributed by atoms with Crippen molar-refractivity contribution in [2.45, 2.75) is 197 Å². The van der Waals surface area contributed by atoms with Gasteiger partial charge in [0.2, 0.25) is 16.6 Å². The molecule has 5 atom stereocenters. The van der Waals surface area contributed by atoms with E-state index in [1.807, 2.05) is 116 Å². The molecule has 2 saturated heterocycles. The van der Waals surface area contributed by atoms with Crippen molar-refractivity contribution >= 4 is 81.7 Å². The highest BCUT2D eigenvalue weighted by Gasteiger charge is 2.53. The number of carbonyl (C=O) groups is 3. The Bertz CT molecular complexity index is 4410. The molecule has 5 saturated carbocycles. The number of amides is 1. The molecule has 7 aromatic rings. The largest absolute Gasteiger partial charge is 0.545 e. The number of aliphatic hydroxyl groups excluding tert-OH is 1. The molecule has 22 nitrogen and oxygen atoms in total. The summed E-state index contributed by atoms with van der Waals surface area (Å²) >= 11 is 0. The molecule has 5 unspecified atom stereocenters. The van der Waals surface area contributed by atoms with Crippen molar-refractivity contribution < 1.29 is 82.4 Å². The minimum Gasteiger partial charge on any atom is -0.545 e. The Labute approximate surface area is 667 Å². The number of fused-ring (bicyclic) bond motifs is 2. The lowest BCUT2D eigenvalue weighted by molar-refractivity contribution is -0.204. The summed E-state index contributed by atoms with van der Waals surface area (Å²) in [4.78, 5) is 53.2. The van der Waals surface area contributed by atoms with E-state index < -0.39 is 76.9 Å². The number of ketones is 1. The lowest BCUT2D eigenvalue weighted by Gasteiger charge is -2.39. The zero-order valence-electron chi connectivity index (χ0n) is 65.6. The minimum atomic E-state index is -2.88. The summed E-state index contributed by atoms with van der Waals surface area (Å²) in [5.74, 6) is -8.60. The summed E-state index contributed by atoms with van der Waals surface area (Å²) < 4.78 is 138. The Kier molecular flexibility index (Phi) is 29.4. The zero-order chi connectivity index (χ0) is 80.9. The first kappa shape index (κ1) is 87.6. The molecule has 2 aromatic carbocycles. The third-order valence-electron chi connectivity index (χ3n) is 20.4. The van der Waals surface area contributed by atoms with Crippen molar-refractivity contribution in [3.63, 3.8) is 0 Å². The van der Waals surface area contributed by atoms with Gasteiger partial charge in [0.05, 0.1) is 37.0 Å². The number of nitrogens with one attached hydrogen (secondary N) is 1. The lowest BCUT2D eigenvalue weighted by Crippen LogP contribution is -2.53. The van der Waals surface area contributed by atoms with Gasteiger partial charge in [-0.25, -0.2) is 54.3 Å². The number of carbonyl (C=O) groups excluding carboxylic acids is 3. The molecule has 2 aliphatic heterocycles. The van der Waals surface area contributed by atoms with Crippen molar-refractivity contribution in [2.75, 3.05) is 62.2 Å². The third-order valence-corrected chi connectivity index (χ3v) is 22.1. The van der Waals surface area contributed by atoms with E-state index in [9.17, 15) is 49.5 Å². The number of benzene rings is 2. The van der Waals surface area contributed by atoms with Crippen molar-refractivity contribution in [3.05, 3.63) is 185 Å². The van der Waals surface area contributed by atoms with Gasteiger partial charge in [-0.3, -0.25) is 24.1 Å². The third kappa shape index (κ3) is 23.9. The van der Waals surface area contributed by atoms with E-state index in [-0.39, 0.29) is 75.8 Å². The maximum Gasteiger partial charge on any atom is 0.419 e. The number of pyridine rings is 2. The summed E-state index contributed by atoms with van der Waals surface area (Å²) in [5, 5.41) is 20.2. The molecule has 8 aliphatic carbocycles. The molecule has 17 rings (SSSR count). The second-order valence-corrected chi connectivity index (χ2v) is 40.2. The normalized spacial score (nSPS) is 22.0. The number of nitrogens with zero attached hydrogens (tertiary/aromatic N) is 11. The first-order valence-electron chi connectivity index (χ1n) is 38.5. The zero-order valence-corrected chi connectivity index (χ0v) is 68.4. The summed E-state index contributed by atoms with van der Waals surface area (Å²) in [5.41, 5.74) is 13.8. The fourth-order valence-electron chi connectivity index (χ4n) is 13.1. The number of rotatable bonds is 16. The Morgan fingerprint density at radius 1 is 0.553 bits per heavy atom. The van der Waals surface area contributed by atoms with Crippen LogP contribution in [0.4, 0.5) is 56.1 Å². The summed E-state index contributed by atoms with van der Waals surface area (Å²) in [7, 11) is 0.991. The van der Waals surface area contributed by atoms with Crippen LogP contribution in [-0.2, 0) is 72.7 Å². The maximum atomic E-state index is 13.4. The average Bonchev–Trinajstić information content (AvgIpc) is 1.69. The fourth-order valence-corrected chi connectivity index (χ4v) is 15.0. The predicted octanol–water partition coefficient (Wildman–Crippen LogP) is 15.8. The van der Waals surface area contributed by atoms with Crippen LogP contribution in [0.2, 0.25) is 39.3 Å². The van der Waals surface area contributed by atoms with Crippen molar-refractivity contribution in [1.29, 1.82) is 0 Å². The minimum absolute atomic E-state index is 0. The van der Waals surface area contributed by atoms with Gasteiger partial charge in [-0.1, -0.05) is 60.7 Å². The van der Waals surface area contributed by atoms with Crippen LogP contribution in [0.3, 0.4) is 0 Å². The number of hydrogen-bond donors (Lipinski definition) is 2. The van der Waals surface area contributed by atoms with E-state index in [0.29, 0.717) is 45.6 Å². The van der Waals surface area contributed by atoms with Gasteiger partial charge in [0, 0.05) is 195 Å². The predicted molar refractivity (Wildman–Crippen MR) is 424 cm³/mol. The second-order valence-electron chi connectivity index (χ2n) is 31.4. The number of alkyl halides is 8. The molecule has 7 heterocycles. The number of aliphatic hydroxyl groups is 1. The smallest absolute Gasteiger partial charge is 0.419 e. The lowest BCUT2D eigenvalue weighted by atomic mass is 9.91. The topological polar surface area (TPSA) is 228 Å². The van der Waals surface area contributed by atoms with Gasteiger partial charge < -0.3 is 52.9 Å². The van der Waals surface area contributed by atoms with Crippen molar-refractivity contribution in [3.8, 4) is 0 Å². The van der Waals surface area contributed by atoms with E-state index in [0.717, 1.165) is 108 Å². The van der Waals surface area contributed by atoms with E-state index in [1.54, 1.807) is 4.68 Å². The summed E-state index contributed by atoms with van der Waals surface area (Å²) in [6.45, 7) is 20.4. The molecule has 618 valence electrons. The monoisotopic (exact) mass is 1650 g/mol. The molecular weight excluding hydrogens is 1540 g/mol. The molecule has 33 heteroatoms. The number of allylic oxidation sites excluding steroid dienone is 4. The first-order valence-corrected chi connectivity index (χ1v) is 45.3. The maximum absolute atomic E-state index is 13.4. The van der Waals surface area contributed by atoms with Gasteiger partial charge in [0.1, 0.15) is 36.2 Å². The first-order chi connectivity index (χ1) is 53.7. The van der Waals surface area contributed by atoms with Gasteiger partial charge in [-0.15, -0.1) is 12.4 Å². The standard InChI is InChI=1S/C21H23F2N5O2.C16H19N5.C11H12F2O.C11H12O2.C10H22O2Si2.C8H8F2N2O2.C4H6F2O.ClH/c1-26-13-15(12-25-26)14-10-16-17(11-14)24-5-3-18(16)27-6-8-28(9-7-27)20(29)30-19-2-4-21(19,22)23;1-20-11-13(10-19-20)12-8-14-15(9-12)18-3-2-16(14)21-6-4-17-5-7-21;12-11(13)7-6-10(11)14-8-9-4-2-1-3-5-9;12-10-6-7-11(10)13-8-9-4-2-1-3-5-9;1-13(2,3)11-9-7-8-10(9)12-14(4,5)6;9-8(10)2-1-6(8)14-7(13)12-4-3-11-5-12;5-4(6)2-1-3(4)7;/h3,5,10,12-13,19H,2,4,6-9,11H2,1H3;2-3,8,10-11,17H,4-7,9H2,1H3;1-5,10H,6-8H2;1-5,11H,6-8H2;7-8H2,1-6H3;3-6H,1-2H2;3,7H,1-2H2;1H. The number of hydrogen-bond acceptors (Lipinski definition) is 18. The number of halogens is 9. The van der Waals surface area contributed by atoms with E-state index in [4.69, 9.17) is 28.2 Å². The van der Waals surface area contributed by atoms with Crippen molar-refractivity contribution in [2.24, 2.45) is 14.1 Å². The Balaban J connectivity index is 0.000000146. The molecule has 0 bridgehead atoms. The molecule has 0 radical (unpaired) electrons. The number of aryl methyl sites for hydroxylation is 2. The van der Waals surface area contributed by atoms with Crippen LogP contribution in [-0.4, -0.2) is 190 Å². The Morgan fingerprint density at radius 2 is 1.00 bits per heavy atom. The highest BCUT2D eigenvalue weighted by atomic mass is 35.5. The number of aromatic nitrogens is 8. The average molecular weight is 1650 g/mol. The molecule has 7 fully saturated rings. The molecule has 5 aromatic heterocycles. The van der Waals surface area contributed by atoms with Crippen LogP contribution in [0, 0.1) is 0 Å². The highest BCUT2D eigenvalue weighted by molar-refractivity contribution is 6.70. The molecule has 0 spiro atoms. The molecular formula is C81H103ClF8N12O10Si2. The summed E-state index contributed by atoms with van der Waals surface area (Å²) in [6, 6.07) is 23.4. The molecule has 114 heavy (non-hydrogen) atoms. The van der Waals surface area contributed by atoms with Gasteiger partial charge in [0.15, 0.2) is 18.0 Å². The quantitative estimate of drug-likeness (QED) is 0.0677. The van der Waals surface area contributed by atoms with Gasteiger partial charge in [0.25, 0.3) is 23.7 Å².